The van der Waals surface area contributed by atoms with Crippen LogP contribution in [-0.2, 0) is 54.8 Å². The second kappa shape index (κ2) is 13.3. The maximum atomic E-state index is 15.1. The zero-order valence-electron chi connectivity index (χ0n) is 25.2. The van der Waals surface area contributed by atoms with Crippen LogP contribution >= 0.6 is 0 Å². The summed E-state index contributed by atoms with van der Waals surface area (Å²) in [7, 11) is -3.89. The van der Waals surface area contributed by atoms with E-state index in [1.807, 2.05) is 135 Å². The molecular weight excluding hydrogens is 572 g/mol. The highest BCUT2D eigenvalue weighted by Gasteiger charge is 2.60. The maximum Gasteiger partial charge on any atom is 0.164 e. The average Bonchev–Trinajstić information content (AvgIpc) is 3.34. The minimum Gasteiger partial charge on any atom is -0.369 e. The highest BCUT2D eigenvalue weighted by molar-refractivity contribution is 7.92. The summed E-state index contributed by atoms with van der Waals surface area (Å²) < 4.78 is 56.7. The summed E-state index contributed by atoms with van der Waals surface area (Å²) in [5.41, 5.74) is 3.76. The van der Waals surface area contributed by atoms with Crippen LogP contribution in [-0.4, -0.2) is 49.1 Å². The van der Waals surface area contributed by atoms with Crippen LogP contribution in [0.4, 0.5) is 0 Å². The van der Waals surface area contributed by atoms with Crippen LogP contribution in [0.1, 0.15) is 36.1 Å². The molecule has 0 saturated carbocycles. The molecular formula is C37H40O6S. The minimum absolute atomic E-state index is 0.248. The molecule has 44 heavy (non-hydrogen) atoms. The number of fused-ring (bicyclic) bond motifs is 1. The molecule has 7 heteroatoms. The van der Waals surface area contributed by atoms with Crippen molar-refractivity contribution in [2.45, 2.75) is 80.6 Å². The Kier molecular flexibility index (Phi) is 9.31. The lowest BCUT2D eigenvalue weighted by atomic mass is 9.94. The smallest absolute Gasteiger partial charge is 0.164 e. The van der Waals surface area contributed by atoms with Gasteiger partial charge in [-0.25, -0.2) is 8.42 Å². The van der Waals surface area contributed by atoms with Crippen LogP contribution in [0.25, 0.3) is 0 Å². The SMILES string of the molecule is CC1(C)OC2C(O1)C(OCc1ccccc1)C(Cc1ccccc1)S(=O)(=O)C(Cc1ccccc1)C2OCc1ccccc1. The molecule has 2 fully saturated rings. The van der Waals surface area contributed by atoms with Crippen molar-refractivity contribution in [3.8, 4) is 0 Å². The molecule has 0 aromatic heterocycles. The lowest BCUT2D eigenvalue weighted by Gasteiger charge is -2.32. The molecule has 4 aromatic rings. The fourth-order valence-corrected chi connectivity index (χ4v) is 8.96. The number of hydrogen-bond acceptors (Lipinski definition) is 6. The van der Waals surface area contributed by atoms with Crippen molar-refractivity contribution < 1.29 is 27.4 Å². The highest BCUT2D eigenvalue weighted by atomic mass is 32.2. The van der Waals surface area contributed by atoms with Gasteiger partial charge in [0.05, 0.1) is 23.7 Å². The van der Waals surface area contributed by atoms with Gasteiger partial charge in [0.1, 0.15) is 24.4 Å². The first-order valence-corrected chi connectivity index (χ1v) is 16.9. The lowest BCUT2D eigenvalue weighted by molar-refractivity contribution is -0.167. The van der Waals surface area contributed by atoms with Gasteiger partial charge in [-0.3, -0.25) is 0 Å². The van der Waals surface area contributed by atoms with E-state index in [4.69, 9.17) is 18.9 Å². The summed E-state index contributed by atoms with van der Waals surface area (Å²) >= 11 is 0. The standard InChI is InChI=1S/C37H40O6S/c1-37(2)42-35-33(40-25-29-19-11-5-12-20-29)31(23-27-15-7-3-8-16-27)44(38,39)32(24-28-17-9-4-10-18-28)34(36(35)43-37)41-26-30-21-13-6-14-22-30/h3-22,31-36H,23-26H2,1-2H3. The molecule has 0 amide bonds. The molecule has 0 aliphatic carbocycles. The van der Waals surface area contributed by atoms with E-state index in [-0.39, 0.29) is 26.1 Å². The summed E-state index contributed by atoms with van der Waals surface area (Å²) in [6, 6.07) is 39.1. The molecule has 2 saturated heterocycles. The predicted molar refractivity (Wildman–Crippen MR) is 171 cm³/mol. The Morgan fingerprint density at radius 3 is 1.20 bits per heavy atom. The largest absolute Gasteiger partial charge is 0.369 e. The Morgan fingerprint density at radius 1 is 0.545 bits per heavy atom. The maximum absolute atomic E-state index is 15.1. The van der Waals surface area contributed by atoms with Crippen molar-refractivity contribution in [1.29, 1.82) is 0 Å². The number of rotatable bonds is 10. The molecule has 6 atom stereocenters. The summed E-state index contributed by atoms with van der Waals surface area (Å²) in [5, 5.41) is -1.78. The summed E-state index contributed by atoms with van der Waals surface area (Å²) in [5.74, 6) is -0.951. The van der Waals surface area contributed by atoms with Crippen LogP contribution in [0.5, 0.6) is 0 Å². The Morgan fingerprint density at radius 2 is 0.864 bits per heavy atom. The van der Waals surface area contributed by atoms with E-state index in [2.05, 4.69) is 0 Å². The van der Waals surface area contributed by atoms with E-state index in [0.717, 1.165) is 22.3 Å². The molecule has 2 heterocycles. The van der Waals surface area contributed by atoms with Crippen molar-refractivity contribution in [1.82, 2.24) is 0 Å². The topological polar surface area (TPSA) is 71.1 Å². The minimum atomic E-state index is -3.89. The molecule has 6 rings (SSSR count). The first-order valence-electron chi connectivity index (χ1n) is 15.3. The van der Waals surface area contributed by atoms with Crippen LogP contribution in [0.15, 0.2) is 121 Å². The van der Waals surface area contributed by atoms with Gasteiger partial charge >= 0.3 is 0 Å². The number of sulfone groups is 1. The quantitative estimate of drug-likeness (QED) is 0.209. The Hall–Kier alpha value is -3.33. The van der Waals surface area contributed by atoms with Crippen molar-refractivity contribution >= 4 is 9.84 Å². The Balaban J connectivity index is 1.46. The van der Waals surface area contributed by atoms with E-state index in [0.29, 0.717) is 0 Å². The van der Waals surface area contributed by atoms with Crippen LogP contribution < -0.4 is 0 Å². The van der Waals surface area contributed by atoms with Crippen LogP contribution in [0.2, 0.25) is 0 Å². The molecule has 4 aromatic carbocycles. The molecule has 0 N–H and O–H groups in total. The number of ether oxygens (including phenoxy) is 4. The normalized spacial score (nSPS) is 27.3. The summed E-state index contributed by atoms with van der Waals surface area (Å²) in [4.78, 5) is 0. The number of benzene rings is 4. The third-order valence-electron chi connectivity index (χ3n) is 8.52. The molecule has 6 unspecified atom stereocenters. The third kappa shape index (κ3) is 6.98. The van der Waals surface area contributed by atoms with Crippen LogP contribution in [0, 0.1) is 0 Å². The van der Waals surface area contributed by atoms with E-state index >= 15 is 8.42 Å². The van der Waals surface area contributed by atoms with Gasteiger partial charge in [0, 0.05) is 0 Å². The predicted octanol–water partition coefficient (Wildman–Crippen LogP) is 6.33. The van der Waals surface area contributed by atoms with E-state index in [1.165, 1.54) is 0 Å². The molecule has 0 radical (unpaired) electrons. The fraction of sp³-hybridized carbons (Fsp3) is 0.351. The first kappa shape index (κ1) is 30.7. The molecule has 0 spiro atoms. The van der Waals surface area contributed by atoms with Crippen molar-refractivity contribution in [3.05, 3.63) is 144 Å². The lowest BCUT2D eigenvalue weighted by Crippen LogP contribution is -2.48. The zero-order valence-corrected chi connectivity index (χ0v) is 26.0. The van der Waals surface area contributed by atoms with Gasteiger partial charge in [0.15, 0.2) is 15.6 Å². The molecule has 2 aliphatic rings. The van der Waals surface area contributed by atoms with Gasteiger partial charge in [-0.15, -0.1) is 0 Å². The summed E-state index contributed by atoms with van der Waals surface area (Å²) in [6.45, 7) is 4.24. The van der Waals surface area contributed by atoms with Gasteiger partial charge in [0.25, 0.3) is 0 Å². The molecule has 6 nitrogen and oxygen atoms in total. The average molecular weight is 613 g/mol. The van der Waals surface area contributed by atoms with Crippen LogP contribution in [0.3, 0.4) is 0 Å². The molecule has 230 valence electrons. The van der Waals surface area contributed by atoms with E-state index in [9.17, 15) is 0 Å². The van der Waals surface area contributed by atoms with Gasteiger partial charge < -0.3 is 18.9 Å². The van der Waals surface area contributed by atoms with E-state index in [1.54, 1.807) is 0 Å². The van der Waals surface area contributed by atoms with Crippen molar-refractivity contribution in [2.75, 3.05) is 0 Å². The van der Waals surface area contributed by atoms with Gasteiger partial charge in [-0.05, 0) is 48.9 Å². The second-order valence-electron chi connectivity index (χ2n) is 12.1. The Bertz CT molecular complexity index is 1470. The van der Waals surface area contributed by atoms with Gasteiger partial charge in [0.2, 0.25) is 0 Å². The van der Waals surface area contributed by atoms with Gasteiger partial charge in [-0.2, -0.15) is 0 Å². The molecule has 2 aliphatic heterocycles. The molecule has 0 bridgehead atoms. The van der Waals surface area contributed by atoms with Crippen molar-refractivity contribution in [2.24, 2.45) is 0 Å². The monoisotopic (exact) mass is 612 g/mol. The number of hydrogen-bond donors (Lipinski definition) is 0. The second-order valence-corrected chi connectivity index (χ2v) is 14.5. The third-order valence-corrected chi connectivity index (χ3v) is 11.1. The van der Waals surface area contributed by atoms with Crippen molar-refractivity contribution in [3.63, 3.8) is 0 Å². The summed E-state index contributed by atoms with van der Waals surface area (Å²) in [6.07, 6.45) is -2.36. The highest BCUT2D eigenvalue weighted by Crippen LogP contribution is 2.43. The van der Waals surface area contributed by atoms with E-state index < -0.39 is 50.5 Å². The zero-order chi connectivity index (χ0) is 30.6. The first-order chi connectivity index (χ1) is 21.3. The fourth-order valence-electron chi connectivity index (χ4n) is 6.44. The van der Waals surface area contributed by atoms with Gasteiger partial charge in [-0.1, -0.05) is 121 Å². The Labute approximate surface area is 260 Å².